The highest BCUT2D eigenvalue weighted by Gasteiger charge is 2.27. The number of amides is 1. The number of anilines is 2. The summed E-state index contributed by atoms with van der Waals surface area (Å²) in [6, 6.07) is 3.51. The molecule has 2 aliphatic heterocycles. The largest absolute Gasteiger partial charge is 0.487 e. The van der Waals surface area contributed by atoms with E-state index in [0.29, 0.717) is 38.3 Å². The van der Waals surface area contributed by atoms with E-state index in [4.69, 9.17) is 14.7 Å². The van der Waals surface area contributed by atoms with Crippen LogP contribution in [0, 0.1) is 11.6 Å². The third-order valence-electron chi connectivity index (χ3n) is 5.47. The number of ether oxygens (including phenoxy) is 1. The lowest BCUT2D eigenvalue weighted by Crippen LogP contribution is -2.39. The van der Waals surface area contributed by atoms with Crippen LogP contribution in [0.2, 0.25) is 0 Å². The highest BCUT2D eigenvalue weighted by atomic mass is 19.1. The molecule has 7 nitrogen and oxygen atoms in total. The fraction of sp³-hybridized carbons (Fsp3) is 0.435. The van der Waals surface area contributed by atoms with Gasteiger partial charge in [0.25, 0.3) is 0 Å². The van der Waals surface area contributed by atoms with Crippen molar-refractivity contribution in [1.29, 1.82) is 0 Å². The summed E-state index contributed by atoms with van der Waals surface area (Å²) in [6.07, 6.45) is 4.72. The molecule has 0 unspecified atom stereocenters. The molecule has 0 saturated carbocycles. The lowest BCUT2D eigenvalue weighted by molar-refractivity contribution is -0.126. The Morgan fingerprint density at radius 3 is 2.62 bits per heavy atom. The van der Waals surface area contributed by atoms with Gasteiger partial charge in [-0.05, 0) is 32.1 Å². The normalized spacial score (nSPS) is 16.3. The van der Waals surface area contributed by atoms with Crippen molar-refractivity contribution in [2.24, 2.45) is 0 Å². The molecule has 1 amide bonds. The SMILES string of the molecule is CC(=O)N1C=Cc2nc(N3CCC(Oc4ccc(F)cc4F)CC3)c(NC(C)C)nc2C1. The van der Waals surface area contributed by atoms with E-state index in [0.717, 1.165) is 23.3 Å². The van der Waals surface area contributed by atoms with Gasteiger partial charge < -0.3 is 19.9 Å². The predicted molar refractivity (Wildman–Crippen MR) is 118 cm³/mol. The number of aromatic nitrogens is 2. The summed E-state index contributed by atoms with van der Waals surface area (Å²) in [5.41, 5.74) is 1.50. The van der Waals surface area contributed by atoms with Crippen molar-refractivity contribution >= 4 is 23.6 Å². The molecule has 0 aliphatic carbocycles. The number of fused-ring (bicyclic) bond motifs is 1. The van der Waals surface area contributed by atoms with Gasteiger partial charge in [0.05, 0.1) is 17.9 Å². The van der Waals surface area contributed by atoms with Crippen LogP contribution in [0.25, 0.3) is 6.08 Å². The van der Waals surface area contributed by atoms with Crippen molar-refractivity contribution in [3.63, 3.8) is 0 Å². The predicted octanol–water partition coefficient (Wildman–Crippen LogP) is 3.96. The van der Waals surface area contributed by atoms with Crippen molar-refractivity contribution in [1.82, 2.24) is 14.9 Å². The molecule has 0 atom stereocenters. The Morgan fingerprint density at radius 1 is 1.22 bits per heavy atom. The second kappa shape index (κ2) is 9.10. The van der Waals surface area contributed by atoms with Gasteiger partial charge >= 0.3 is 0 Å². The zero-order valence-corrected chi connectivity index (χ0v) is 18.4. The molecule has 1 saturated heterocycles. The molecule has 4 rings (SSSR count). The minimum absolute atomic E-state index is 0.0455. The molecule has 1 N–H and O–H groups in total. The van der Waals surface area contributed by atoms with Crippen molar-refractivity contribution in [3.8, 4) is 5.75 Å². The van der Waals surface area contributed by atoms with Crippen LogP contribution in [0.5, 0.6) is 5.75 Å². The van der Waals surface area contributed by atoms with Gasteiger partial charge in [-0.2, -0.15) is 0 Å². The van der Waals surface area contributed by atoms with E-state index in [1.165, 1.54) is 19.1 Å². The number of piperidine rings is 1. The summed E-state index contributed by atoms with van der Waals surface area (Å²) in [7, 11) is 0. The molecular weight excluding hydrogens is 416 g/mol. The van der Waals surface area contributed by atoms with Gasteiger partial charge in [-0.1, -0.05) is 0 Å². The number of nitrogens with one attached hydrogen (secondary N) is 1. The maximum atomic E-state index is 13.9. The van der Waals surface area contributed by atoms with E-state index < -0.39 is 11.6 Å². The number of nitrogens with zero attached hydrogens (tertiary/aromatic N) is 4. The first-order valence-corrected chi connectivity index (χ1v) is 10.8. The first-order valence-electron chi connectivity index (χ1n) is 10.8. The number of rotatable bonds is 5. The third-order valence-corrected chi connectivity index (χ3v) is 5.47. The maximum Gasteiger partial charge on any atom is 0.223 e. The van der Waals surface area contributed by atoms with E-state index >= 15 is 0 Å². The highest BCUT2D eigenvalue weighted by Crippen LogP contribution is 2.30. The number of hydrogen-bond acceptors (Lipinski definition) is 6. The van der Waals surface area contributed by atoms with Crippen molar-refractivity contribution in [3.05, 3.63) is 47.4 Å². The Balaban J connectivity index is 1.50. The van der Waals surface area contributed by atoms with Crippen LogP contribution in [0.3, 0.4) is 0 Å². The molecule has 1 aromatic carbocycles. The summed E-state index contributed by atoms with van der Waals surface area (Å²) in [5, 5.41) is 3.37. The number of halogens is 2. The van der Waals surface area contributed by atoms with Crippen LogP contribution < -0.4 is 15.0 Å². The van der Waals surface area contributed by atoms with Gasteiger partial charge in [0, 0.05) is 51.2 Å². The molecule has 170 valence electrons. The fourth-order valence-electron chi connectivity index (χ4n) is 3.84. The van der Waals surface area contributed by atoms with E-state index in [1.807, 2.05) is 19.9 Å². The molecule has 2 aromatic rings. The average Bonchev–Trinajstić information content (AvgIpc) is 2.75. The molecule has 1 aromatic heterocycles. The van der Waals surface area contributed by atoms with Crippen LogP contribution in [0.1, 0.15) is 45.0 Å². The molecule has 0 bridgehead atoms. The van der Waals surface area contributed by atoms with Crippen molar-refractivity contribution in [2.75, 3.05) is 23.3 Å². The second-order valence-corrected chi connectivity index (χ2v) is 8.37. The third kappa shape index (κ3) is 4.81. The number of hydrogen-bond donors (Lipinski definition) is 1. The maximum absolute atomic E-state index is 13.9. The summed E-state index contributed by atoms with van der Waals surface area (Å²) in [5.74, 6) is 0.145. The van der Waals surface area contributed by atoms with Crippen molar-refractivity contribution in [2.45, 2.75) is 52.3 Å². The monoisotopic (exact) mass is 443 g/mol. The molecule has 0 radical (unpaired) electrons. The molecule has 0 spiro atoms. The summed E-state index contributed by atoms with van der Waals surface area (Å²) in [6.45, 7) is 7.30. The number of benzene rings is 1. The summed E-state index contributed by atoms with van der Waals surface area (Å²) in [4.78, 5) is 25.1. The Bertz CT molecular complexity index is 1040. The summed E-state index contributed by atoms with van der Waals surface area (Å²) >= 11 is 0. The van der Waals surface area contributed by atoms with E-state index in [9.17, 15) is 13.6 Å². The van der Waals surface area contributed by atoms with E-state index in [1.54, 1.807) is 11.1 Å². The molecule has 1 fully saturated rings. The van der Waals surface area contributed by atoms with Crippen LogP contribution >= 0.6 is 0 Å². The summed E-state index contributed by atoms with van der Waals surface area (Å²) < 4.78 is 32.8. The first-order chi connectivity index (χ1) is 15.3. The Morgan fingerprint density at radius 2 is 1.97 bits per heavy atom. The van der Waals surface area contributed by atoms with Gasteiger partial charge in [0.1, 0.15) is 11.9 Å². The molecular formula is C23H27F2N5O2. The molecule has 32 heavy (non-hydrogen) atoms. The number of carbonyl (C=O) groups excluding carboxylic acids is 1. The fourth-order valence-corrected chi connectivity index (χ4v) is 3.84. The van der Waals surface area contributed by atoms with Gasteiger partial charge in [-0.3, -0.25) is 4.79 Å². The smallest absolute Gasteiger partial charge is 0.223 e. The minimum Gasteiger partial charge on any atom is -0.487 e. The Hall–Kier alpha value is -3.23. The van der Waals surface area contributed by atoms with Gasteiger partial charge in [0.15, 0.2) is 23.2 Å². The van der Waals surface area contributed by atoms with Gasteiger partial charge in [0.2, 0.25) is 5.91 Å². The van der Waals surface area contributed by atoms with Crippen LogP contribution in [-0.2, 0) is 11.3 Å². The molecule has 2 aliphatic rings. The van der Waals surface area contributed by atoms with E-state index in [-0.39, 0.29) is 23.8 Å². The Labute approximate surface area is 186 Å². The number of carbonyl (C=O) groups is 1. The first kappa shape index (κ1) is 22.0. The lowest BCUT2D eigenvalue weighted by atomic mass is 10.1. The highest BCUT2D eigenvalue weighted by molar-refractivity contribution is 5.77. The molecule has 9 heteroatoms. The topological polar surface area (TPSA) is 70.6 Å². The minimum atomic E-state index is -0.692. The zero-order valence-electron chi connectivity index (χ0n) is 18.4. The Kier molecular flexibility index (Phi) is 6.25. The quantitative estimate of drug-likeness (QED) is 0.755. The zero-order chi connectivity index (χ0) is 22.8. The van der Waals surface area contributed by atoms with Crippen molar-refractivity contribution < 1.29 is 18.3 Å². The van der Waals surface area contributed by atoms with Crippen LogP contribution in [0.15, 0.2) is 24.4 Å². The van der Waals surface area contributed by atoms with E-state index in [2.05, 4.69) is 10.2 Å². The molecule has 3 heterocycles. The average molecular weight is 443 g/mol. The standard InChI is InChI=1S/C23H27F2N5O2/c1-14(2)26-22-23(28-19-8-11-30(15(3)31)13-20(19)27-22)29-9-6-17(7-10-29)32-21-5-4-16(24)12-18(21)25/h4-5,8,11-12,14,17H,6-7,9-10,13H2,1-3H3,(H,26,27). The van der Waals surface area contributed by atoms with Crippen LogP contribution in [0.4, 0.5) is 20.4 Å². The second-order valence-electron chi connectivity index (χ2n) is 8.37. The van der Waals surface area contributed by atoms with Gasteiger partial charge in [-0.25, -0.2) is 18.7 Å². The van der Waals surface area contributed by atoms with Gasteiger partial charge in [-0.15, -0.1) is 0 Å². The van der Waals surface area contributed by atoms with Crippen LogP contribution in [-0.4, -0.2) is 46.0 Å². The lowest BCUT2D eigenvalue weighted by Gasteiger charge is -2.34.